The topological polar surface area (TPSA) is 48.3 Å². The molecule has 0 aliphatic carbocycles. The monoisotopic (exact) mass is 275 g/mol. The molecular formula is C15H21N3O2. The van der Waals surface area contributed by atoms with Crippen LogP contribution in [0.15, 0.2) is 24.4 Å². The molecule has 1 N–H and O–H groups in total. The van der Waals surface area contributed by atoms with Crippen LogP contribution in [0.4, 0.5) is 0 Å². The molecule has 2 aromatic rings. The molecule has 0 aliphatic heterocycles. The smallest absolute Gasteiger partial charge is 0.161 e. The molecule has 0 amide bonds. The van der Waals surface area contributed by atoms with Gasteiger partial charge in [0.15, 0.2) is 11.5 Å². The van der Waals surface area contributed by atoms with Crippen molar-refractivity contribution in [2.75, 3.05) is 20.8 Å². The van der Waals surface area contributed by atoms with Crippen molar-refractivity contribution in [1.29, 1.82) is 0 Å². The minimum absolute atomic E-state index is 0.713. The van der Waals surface area contributed by atoms with E-state index in [-0.39, 0.29) is 0 Å². The molecule has 0 atom stereocenters. The van der Waals surface area contributed by atoms with Crippen molar-refractivity contribution < 1.29 is 9.47 Å². The van der Waals surface area contributed by atoms with E-state index in [4.69, 9.17) is 9.47 Å². The lowest BCUT2D eigenvalue weighted by atomic mass is 10.1. The molecule has 1 heterocycles. The summed E-state index contributed by atoms with van der Waals surface area (Å²) < 4.78 is 12.4. The zero-order valence-electron chi connectivity index (χ0n) is 12.4. The molecule has 0 aliphatic rings. The summed E-state index contributed by atoms with van der Waals surface area (Å²) in [4.78, 5) is 0. The van der Waals surface area contributed by atoms with Crippen LogP contribution >= 0.6 is 0 Å². The average molecular weight is 275 g/mol. The van der Waals surface area contributed by atoms with E-state index in [9.17, 15) is 0 Å². The number of methoxy groups -OCH3 is 2. The molecule has 1 aromatic heterocycles. The highest BCUT2D eigenvalue weighted by molar-refractivity contribution is 5.66. The Morgan fingerprint density at radius 2 is 1.95 bits per heavy atom. The van der Waals surface area contributed by atoms with E-state index in [1.165, 1.54) is 5.56 Å². The summed E-state index contributed by atoms with van der Waals surface area (Å²) in [5.41, 5.74) is 3.16. The summed E-state index contributed by atoms with van der Waals surface area (Å²) in [5.74, 6) is 1.44. The Balaban J connectivity index is 2.40. The van der Waals surface area contributed by atoms with Crippen molar-refractivity contribution in [3.63, 3.8) is 0 Å². The average Bonchev–Trinajstić information content (AvgIpc) is 2.85. The number of nitrogens with zero attached hydrogens (tertiary/aromatic N) is 2. The number of aryl methyl sites for hydroxylation is 1. The number of rotatable bonds is 6. The van der Waals surface area contributed by atoms with Crippen molar-refractivity contribution in [3.05, 3.63) is 30.0 Å². The maximum Gasteiger partial charge on any atom is 0.161 e. The fourth-order valence-corrected chi connectivity index (χ4v) is 2.15. The molecule has 108 valence electrons. The van der Waals surface area contributed by atoms with Gasteiger partial charge in [-0.3, -0.25) is 4.68 Å². The molecule has 0 saturated carbocycles. The Morgan fingerprint density at radius 1 is 1.20 bits per heavy atom. The summed E-state index contributed by atoms with van der Waals surface area (Å²) in [6, 6.07) is 5.86. The maximum absolute atomic E-state index is 5.35. The van der Waals surface area contributed by atoms with E-state index in [0.29, 0.717) is 5.75 Å². The zero-order chi connectivity index (χ0) is 14.5. The van der Waals surface area contributed by atoms with Gasteiger partial charge in [0.05, 0.1) is 19.9 Å². The first-order valence-corrected chi connectivity index (χ1v) is 6.65. The molecule has 0 unspecified atom stereocenters. The second-order valence-electron chi connectivity index (χ2n) is 4.53. The van der Waals surface area contributed by atoms with Crippen molar-refractivity contribution in [3.8, 4) is 22.8 Å². The van der Waals surface area contributed by atoms with Crippen LogP contribution in [-0.4, -0.2) is 30.5 Å². The summed E-state index contributed by atoms with van der Waals surface area (Å²) in [7, 11) is 5.20. The van der Waals surface area contributed by atoms with Gasteiger partial charge in [-0.25, -0.2) is 0 Å². The largest absolute Gasteiger partial charge is 0.493 e. The van der Waals surface area contributed by atoms with E-state index in [1.807, 2.05) is 36.1 Å². The summed E-state index contributed by atoms with van der Waals surface area (Å²) in [6.45, 7) is 3.82. The van der Waals surface area contributed by atoms with E-state index < -0.39 is 0 Å². The van der Waals surface area contributed by atoms with Gasteiger partial charge < -0.3 is 14.8 Å². The van der Waals surface area contributed by atoms with Crippen LogP contribution in [-0.2, 0) is 13.6 Å². The van der Waals surface area contributed by atoms with Crippen molar-refractivity contribution >= 4 is 0 Å². The van der Waals surface area contributed by atoms with E-state index in [1.54, 1.807) is 14.2 Å². The molecule has 0 bridgehead atoms. The fraction of sp³-hybridized carbons (Fsp3) is 0.400. The number of hydrogen-bond acceptors (Lipinski definition) is 4. The second-order valence-corrected chi connectivity index (χ2v) is 4.53. The molecule has 0 radical (unpaired) electrons. The van der Waals surface area contributed by atoms with Crippen LogP contribution in [0.1, 0.15) is 12.5 Å². The first kappa shape index (κ1) is 14.4. The van der Waals surface area contributed by atoms with E-state index >= 15 is 0 Å². The van der Waals surface area contributed by atoms with Crippen LogP contribution in [0.3, 0.4) is 0 Å². The third-order valence-electron chi connectivity index (χ3n) is 3.13. The predicted molar refractivity (Wildman–Crippen MR) is 79.1 cm³/mol. The van der Waals surface area contributed by atoms with Crippen molar-refractivity contribution in [1.82, 2.24) is 15.1 Å². The Labute approximate surface area is 119 Å². The van der Waals surface area contributed by atoms with Gasteiger partial charge in [-0.05, 0) is 24.7 Å². The molecule has 0 fully saturated rings. The number of benzene rings is 1. The Kier molecular flexibility index (Phi) is 4.63. The fourth-order valence-electron chi connectivity index (χ4n) is 2.15. The van der Waals surface area contributed by atoms with Gasteiger partial charge >= 0.3 is 0 Å². The molecular weight excluding hydrogens is 254 g/mol. The van der Waals surface area contributed by atoms with Crippen molar-refractivity contribution in [2.24, 2.45) is 7.05 Å². The third-order valence-corrected chi connectivity index (χ3v) is 3.13. The number of ether oxygens (including phenoxy) is 2. The molecule has 20 heavy (non-hydrogen) atoms. The second kappa shape index (κ2) is 6.43. The first-order chi connectivity index (χ1) is 9.69. The van der Waals surface area contributed by atoms with Gasteiger partial charge in [0.1, 0.15) is 0 Å². The Hall–Kier alpha value is -2.01. The highest BCUT2D eigenvalue weighted by Gasteiger charge is 2.12. The highest BCUT2D eigenvalue weighted by atomic mass is 16.5. The predicted octanol–water partition coefficient (Wildman–Crippen LogP) is 2.21. The number of nitrogens with one attached hydrogen (secondary N) is 1. The molecule has 1 aromatic carbocycles. The molecule has 5 heteroatoms. The normalized spacial score (nSPS) is 10.6. The van der Waals surface area contributed by atoms with Gasteiger partial charge in [-0.1, -0.05) is 6.92 Å². The number of hydrogen-bond donors (Lipinski definition) is 1. The zero-order valence-corrected chi connectivity index (χ0v) is 12.4. The summed E-state index contributed by atoms with van der Waals surface area (Å²) in [6.07, 6.45) is 2.04. The van der Waals surface area contributed by atoms with Gasteiger partial charge in [0.2, 0.25) is 0 Å². The third kappa shape index (κ3) is 2.93. The summed E-state index contributed by atoms with van der Waals surface area (Å²) in [5, 5.41) is 7.87. The van der Waals surface area contributed by atoms with E-state index in [2.05, 4.69) is 17.3 Å². The van der Waals surface area contributed by atoms with Gasteiger partial charge in [-0.2, -0.15) is 5.10 Å². The lowest BCUT2D eigenvalue weighted by Gasteiger charge is -2.09. The van der Waals surface area contributed by atoms with Gasteiger partial charge in [0.25, 0.3) is 0 Å². The Morgan fingerprint density at radius 3 is 2.60 bits per heavy atom. The van der Waals surface area contributed by atoms with Crippen LogP contribution in [0, 0.1) is 0 Å². The van der Waals surface area contributed by atoms with E-state index in [0.717, 1.165) is 30.1 Å². The molecule has 0 saturated heterocycles. The highest BCUT2D eigenvalue weighted by Crippen LogP contribution is 2.32. The lowest BCUT2D eigenvalue weighted by molar-refractivity contribution is 0.355. The Bertz CT molecular complexity index is 578. The standard InChI is InChI=1S/C15H21N3O2/c1-5-16-9-12-10-18(2)17-15(12)11-6-7-13(19-3)14(8-11)20-4/h6-8,10,16H,5,9H2,1-4H3. The first-order valence-electron chi connectivity index (χ1n) is 6.65. The SMILES string of the molecule is CCNCc1cn(C)nc1-c1ccc(OC)c(OC)c1. The quantitative estimate of drug-likeness (QED) is 0.878. The minimum Gasteiger partial charge on any atom is -0.493 e. The van der Waals surface area contributed by atoms with Gasteiger partial charge in [0, 0.05) is 30.9 Å². The minimum atomic E-state index is 0.713. The summed E-state index contributed by atoms with van der Waals surface area (Å²) >= 11 is 0. The lowest BCUT2D eigenvalue weighted by Crippen LogP contribution is -2.11. The van der Waals surface area contributed by atoms with Crippen LogP contribution in [0.2, 0.25) is 0 Å². The van der Waals surface area contributed by atoms with Crippen LogP contribution < -0.4 is 14.8 Å². The molecule has 0 spiro atoms. The molecule has 5 nitrogen and oxygen atoms in total. The van der Waals surface area contributed by atoms with Crippen LogP contribution in [0.25, 0.3) is 11.3 Å². The molecule has 2 rings (SSSR count). The van der Waals surface area contributed by atoms with Crippen molar-refractivity contribution in [2.45, 2.75) is 13.5 Å². The maximum atomic E-state index is 5.35. The van der Waals surface area contributed by atoms with Crippen LogP contribution in [0.5, 0.6) is 11.5 Å². The van der Waals surface area contributed by atoms with Gasteiger partial charge in [-0.15, -0.1) is 0 Å². The number of aromatic nitrogens is 2.